The Hall–Kier alpha value is 1.88. The van der Waals surface area contributed by atoms with Gasteiger partial charge in [0.25, 0.3) is 0 Å². The molecule has 10 heavy (non-hydrogen) atoms. The summed E-state index contributed by atoms with van der Waals surface area (Å²) in [5, 5.41) is 0. The third-order valence-electron chi connectivity index (χ3n) is 1.57. The SMILES string of the molecule is S=C(S)OC1CCCC1.[KH]. The molecule has 0 amide bonds. The van der Waals surface area contributed by atoms with Crippen molar-refractivity contribution in [1.29, 1.82) is 0 Å². The molecule has 0 unspecified atom stereocenters. The van der Waals surface area contributed by atoms with E-state index in [0.717, 1.165) is 12.8 Å². The molecule has 0 spiro atoms. The topological polar surface area (TPSA) is 9.23 Å². The molecule has 4 heteroatoms. The van der Waals surface area contributed by atoms with Crippen molar-refractivity contribution in [3.63, 3.8) is 0 Å². The van der Waals surface area contributed by atoms with Gasteiger partial charge in [-0.3, -0.25) is 0 Å². The molecular weight excluding hydrogens is 191 g/mol. The van der Waals surface area contributed by atoms with Crippen LogP contribution in [0.1, 0.15) is 25.7 Å². The van der Waals surface area contributed by atoms with Crippen LogP contribution < -0.4 is 0 Å². The van der Waals surface area contributed by atoms with E-state index >= 15 is 0 Å². The molecule has 1 aliphatic carbocycles. The Morgan fingerprint density at radius 3 is 2.30 bits per heavy atom. The molecule has 1 rings (SSSR count). The fourth-order valence-electron chi connectivity index (χ4n) is 1.15. The van der Waals surface area contributed by atoms with Gasteiger partial charge in [-0.2, -0.15) is 0 Å². The summed E-state index contributed by atoms with van der Waals surface area (Å²) in [6.07, 6.45) is 5.23. The normalized spacial score (nSPS) is 18.1. The summed E-state index contributed by atoms with van der Waals surface area (Å²) in [5.41, 5.74) is 0. The second-order valence-corrected chi connectivity index (χ2v) is 3.37. The Morgan fingerprint density at radius 2 is 1.90 bits per heavy atom. The number of hydrogen-bond acceptors (Lipinski definition) is 2. The molecule has 0 bridgehead atoms. The zero-order chi connectivity index (χ0) is 6.69. The predicted molar refractivity (Wildman–Crippen MR) is 52.1 cm³/mol. The molecule has 0 heterocycles. The summed E-state index contributed by atoms with van der Waals surface area (Å²) in [7, 11) is 0. The molecule has 0 atom stereocenters. The van der Waals surface area contributed by atoms with Crippen LogP contribution in [0.5, 0.6) is 0 Å². The maximum absolute atomic E-state index is 5.21. The quantitative estimate of drug-likeness (QED) is 0.392. The van der Waals surface area contributed by atoms with Gasteiger partial charge in [-0.1, -0.05) is 12.6 Å². The van der Waals surface area contributed by atoms with Gasteiger partial charge in [0.2, 0.25) is 4.38 Å². The maximum atomic E-state index is 5.21. The second kappa shape index (κ2) is 6.40. The number of rotatable bonds is 1. The average molecular weight is 202 g/mol. The first-order chi connectivity index (χ1) is 4.29. The molecule has 0 radical (unpaired) electrons. The van der Waals surface area contributed by atoms with E-state index in [2.05, 4.69) is 24.8 Å². The van der Waals surface area contributed by atoms with Gasteiger partial charge in [-0.25, -0.2) is 0 Å². The van der Waals surface area contributed by atoms with E-state index in [1.807, 2.05) is 0 Å². The van der Waals surface area contributed by atoms with Crippen LogP contribution in [0.15, 0.2) is 0 Å². The van der Waals surface area contributed by atoms with Crippen molar-refractivity contribution in [3.8, 4) is 0 Å². The Bertz CT molecular complexity index is 112. The van der Waals surface area contributed by atoms with Crippen molar-refractivity contribution >= 4 is 80.6 Å². The summed E-state index contributed by atoms with van der Waals surface area (Å²) in [6.45, 7) is 0. The molecule has 0 aromatic rings. The summed E-state index contributed by atoms with van der Waals surface area (Å²) < 4.78 is 5.60. The van der Waals surface area contributed by atoms with Crippen LogP contribution in [-0.4, -0.2) is 61.9 Å². The molecular formula is C6H11KOS2. The molecule has 1 fully saturated rings. The van der Waals surface area contributed by atoms with E-state index in [1.165, 1.54) is 12.8 Å². The van der Waals surface area contributed by atoms with Gasteiger partial charge < -0.3 is 4.74 Å². The van der Waals surface area contributed by atoms with Crippen LogP contribution in [0.4, 0.5) is 0 Å². The fourth-order valence-corrected chi connectivity index (χ4v) is 1.43. The van der Waals surface area contributed by atoms with E-state index < -0.39 is 0 Å². The van der Waals surface area contributed by atoms with Crippen LogP contribution in [0, 0.1) is 0 Å². The fraction of sp³-hybridized carbons (Fsp3) is 0.833. The molecule has 0 saturated heterocycles. The van der Waals surface area contributed by atoms with Crippen molar-refractivity contribution in [2.45, 2.75) is 31.8 Å². The van der Waals surface area contributed by atoms with Crippen molar-refractivity contribution in [3.05, 3.63) is 0 Å². The number of thiol groups is 1. The number of ether oxygens (including phenoxy) is 1. The number of hydrogen-bond donors (Lipinski definition) is 1. The van der Waals surface area contributed by atoms with Crippen molar-refractivity contribution in [1.82, 2.24) is 0 Å². The van der Waals surface area contributed by atoms with Crippen LogP contribution in [-0.2, 0) is 4.74 Å². The minimum absolute atomic E-state index is 0. The zero-order valence-electron chi connectivity index (χ0n) is 5.17. The van der Waals surface area contributed by atoms with Crippen molar-refractivity contribution < 1.29 is 4.74 Å². The first-order valence-corrected chi connectivity index (χ1v) is 4.04. The van der Waals surface area contributed by atoms with Crippen LogP contribution >= 0.6 is 24.8 Å². The molecule has 0 aromatic heterocycles. The molecule has 0 aliphatic heterocycles. The molecule has 1 aliphatic rings. The standard InChI is InChI=1S/C6H10OS2.K.H/c8-6(9)7-5-3-1-2-4-5;;/h5H,1-4H2,(H,8,9);;. The van der Waals surface area contributed by atoms with Crippen molar-refractivity contribution in [2.24, 2.45) is 0 Å². The van der Waals surface area contributed by atoms with Gasteiger partial charge in [0.05, 0.1) is 0 Å². The van der Waals surface area contributed by atoms with Crippen LogP contribution in [0.25, 0.3) is 0 Å². The number of thiocarbonyl (C=S) groups is 1. The predicted octanol–water partition coefficient (Wildman–Crippen LogP) is 1.51. The summed E-state index contributed by atoms with van der Waals surface area (Å²) in [4.78, 5) is 0. The van der Waals surface area contributed by atoms with Gasteiger partial charge >= 0.3 is 51.4 Å². The van der Waals surface area contributed by atoms with Gasteiger partial charge in [0, 0.05) is 0 Å². The second-order valence-electron chi connectivity index (χ2n) is 2.29. The van der Waals surface area contributed by atoms with E-state index in [0.29, 0.717) is 10.5 Å². The molecule has 1 saturated carbocycles. The summed E-state index contributed by atoms with van der Waals surface area (Å²) >= 11 is 8.56. The van der Waals surface area contributed by atoms with Gasteiger partial charge in [0.15, 0.2) is 0 Å². The summed E-state index contributed by atoms with van der Waals surface area (Å²) in [6, 6.07) is 0. The molecule has 0 aromatic carbocycles. The summed E-state index contributed by atoms with van der Waals surface area (Å²) in [5.74, 6) is 0. The Labute approximate surface area is 115 Å². The third-order valence-corrected chi connectivity index (χ3v) is 1.77. The van der Waals surface area contributed by atoms with Gasteiger partial charge in [-0.15, -0.1) is 0 Å². The van der Waals surface area contributed by atoms with Gasteiger partial charge in [-0.05, 0) is 37.9 Å². The molecule has 54 valence electrons. The van der Waals surface area contributed by atoms with E-state index in [-0.39, 0.29) is 51.4 Å². The van der Waals surface area contributed by atoms with E-state index in [4.69, 9.17) is 4.74 Å². The Balaban J connectivity index is 0.000000810. The van der Waals surface area contributed by atoms with E-state index in [9.17, 15) is 0 Å². The molecule has 1 nitrogen and oxygen atoms in total. The van der Waals surface area contributed by atoms with Crippen LogP contribution in [0.3, 0.4) is 0 Å². The first-order valence-electron chi connectivity index (χ1n) is 3.18. The van der Waals surface area contributed by atoms with E-state index in [1.54, 1.807) is 0 Å². The average Bonchev–Trinajstić information content (AvgIpc) is 2.15. The Morgan fingerprint density at radius 1 is 1.40 bits per heavy atom. The third kappa shape index (κ3) is 4.69. The zero-order valence-corrected chi connectivity index (χ0v) is 6.88. The monoisotopic (exact) mass is 202 g/mol. The van der Waals surface area contributed by atoms with Crippen molar-refractivity contribution in [2.75, 3.05) is 0 Å². The van der Waals surface area contributed by atoms with Gasteiger partial charge in [0.1, 0.15) is 6.10 Å². The first kappa shape index (κ1) is 11.9. The molecule has 0 N–H and O–H groups in total. The Kier molecular flexibility index (Phi) is 7.60. The van der Waals surface area contributed by atoms with Crippen LogP contribution in [0.2, 0.25) is 0 Å². The minimum atomic E-state index is 0.